The van der Waals surface area contributed by atoms with E-state index in [2.05, 4.69) is 37.3 Å². The van der Waals surface area contributed by atoms with Crippen LogP contribution >= 0.6 is 0 Å². The molecule has 0 fully saturated rings. The number of carbonyl (C=O) groups excluding carboxylic acids is 1. The monoisotopic (exact) mass is 242 g/mol. The first-order valence-corrected chi connectivity index (χ1v) is 9.08. The van der Waals surface area contributed by atoms with E-state index >= 15 is 0 Å². The highest BCUT2D eigenvalue weighted by molar-refractivity contribution is 6.84. The lowest BCUT2D eigenvalue weighted by atomic mass is 10.2. The molecule has 0 aromatic heterocycles. The lowest BCUT2D eigenvalue weighted by Crippen LogP contribution is -2.28. The van der Waals surface area contributed by atoms with E-state index in [1.54, 1.807) is 0 Å². The Hall–Kier alpha value is -0.573. The average molecular weight is 242 g/mol. The minimum absolute atomic E-state index is 0.0987. The fourth-order valence-electron chi connectivity index (χ4n) is 1.90. The molecule has 0 rings (SSSR count). The topological polar surface area (TPSA) is 26.3 Å². The second-order valence-corrected chi connectivity index (χ2v) is 9.47. The lowest BCUT2D eigenvalue weighted by Gasteiger charge is -2.23. The Labute approximate surface area is 101 Å². The Bertz CT molecular complexity index is 212. The van der Waals surface area contributed by atoms with E-state index in [0.717, 1.165) is 12.8 Å². The smallest absolute Gasteiger partial charge is 0.305 e. The van der Waals surface area contributed by atoms with E-state index in [9.17, 15) is 4.79 Å². The summed E-state index contributed by atoms with van der Waals surface area (Å²) in [5.74, 6) is -0.0987. The molecule has 0 heterocycles. The number of carbonyl (C=O) groups is 1. The maximum Gasteiger partial charge on any atom is 0.305 e. The van der Waals surface area contributed by atoms with Crippen LogP contribution in [-0.4, -0.2) is 21.2 Å². The van der Waals surface area contributed by atoms with Crippen molar-refractivity contribution in [1.29, 1.82) is 0 Å². The summed E-state index contributed by atoms with van der Waals surface area (Å²) in [5.41, 5.74) is 2.48. The van der Waals surface area contributed by atoms with Gasteiger partial charge in [0.15, 0.2) is 0 Å². The lowest BCUT2D eigenvalue weighted by molar-refractivity contribution is -0.140. The van der Waals surface area contributed by atoms with Crippen molar-refractivity contribution < 1.29 is 9.53 Å². The van der Waals surface area contributed by atoms with Gasteiger partial charge in [-0.3, -0.25) is 4.79 Å². The molecular weight excluding hydrogens is 216 g/mol. The van der Waals surface area contributed by atoms with Crippen molar-refractivity contribution in [1.82, 2.24) is 0 Å². The molecule has 0 aliphatic heterocycles. The van der Waals surface area contributed by atoms with Crippen LogP contribution in [0.4, 0.5) is 0 Å². The average Bonchev–Trinajstić information content (AvgIpc) is 2.34. The highest BCUT2D eigenvalue weighted by atomic mass is 28.3. The summed E-state index contributed by atoms with van der Waals surface area (Å²) in [4.78, 5) is 10.9. The minimum Gasteiger partial charge on any atom is -0.469 e. The maximum absolute atomic E-state index is 10.9. The molecular formula is C13H26O2Si. The van der Waals surface area contributed by atoms with Gasteiger partial charge in [-0.05, 0) is 12.8 Å². The molecule has 0 saturated carbocycles. The number of unbranched alkanes of at least 4 members (excludes halogenated alkanes) is 1. The molecule has 0 radical (unpaired) electrons. The molecule has 0 atom stereocenters. The Kier molecular flexibility index (Phi) is 8.26. The van der Waals surface area contributed by atoms with Gasteiger partial charge in [0.2, 0.25) is 0 Å². The summed E-state index contributed by atoms with van der Waals surface area (Å²) < 4.78 is 4.61. The summed E-state index contributed by atoms with van der Waals surface area (Å²) in [5, 5.41) is 0. The SMILES string of the molecule is CC[Si](/C=C/CCCC(=O)OC)(CC)CC. The van der Waals surface area contributed by atoms with Gasteiger partial charge in [0.25, 0.3) is 0 Å². The zero-order chi connectivity index (χ0) is 12.4. The molecule has 3 heteroatoms. The normalized spacial score (nSPS) is 12.0. The molecule has 0 unspecified atom stereocenters. The molecule has 0 aliphatic rings. The van der Waals surface area contributed by atoms with Crippen molar-refractivity contribution in [3.63, 3.8) is 0 Å². The quantitative estimate of drug-likeness (QED) is 0.366. The highest BCUT2D eigenvalue weighted by Crippen LogP contribution is 2.21. The molecule has 2 nitrogen and oxygen atoms in total. The van der Waals surface area contributed by atoms with Gasteiger partial charge in [-0.2, -0.15) is 0 Å². The van der Waals surface area contributed by atoms with Gasteiger partial charge < -0.3 is 4.74 Å². The third-order valence-electron chi connectivity index (χ3n) is 3.56. The third kappa shape index (κ3) is 5.49. The van der Waals surface area contributed by atoms with Crippen molar-refractivity contribution >= 4 is 14.0 Å². The fourth-order valence-corrected chi connectivity index (χ4v) is 4.78. The number of ether oxygens (including phenoxy) is 1. The molecule has 0 saturated heterocycles. The first-order chi connectivity index (χ1) is 7.64. The number of rotatable bonds is 8. The van der Waals surface area contributed by atoms with Crippen molar-refractivity contribution in [2.45, 2.75) is 58.2 Å². The fraction of sp³-hybridized carbons (Fsp3) is 0.769. The Morgan fingerprint density at radius 3 is 2.19 bits per heavy atom. The number of methoxy groups -OCH3 is 1. The molecule has 0 amide bonds. The van der Waals surface area contributed by atoms with Gasteiger partial charge in [-0.15, -0.1) is 0 Å². The molecule has 0 spiro atoms. The van der Waals surface area contributed by atoms with Crippen LogP contribution in [0.2, 0.25) is 18.1 Å². The van der Waals surface area contributed by atoms with Crippen LogP contribution in [0, 0.1) is 0 Å². The van der Waals surface area contributed by atoms with Crippen molar-refractivity contribution in [3.05, 3.63) is 11.8 Å². The predicted molar refractivity (Wildman–Crippen MR) is 72.2 cm³/mol. The van der Waals surface area contributed by atoms with E-state index in [1.807, 2.05) is 0 Å². The second-order valence-electron chi connectivity index (χ2n) is 4.29. The van der Waals surface area contributed by atoms with Gasteiger partial charge in [0, 0.05) is 6.42 Å². The molecule has 94 valence electrons. The first kappa shape index (κ1) is 15.4. The van der Waals surface area contributed by atoms with Crippen LogP contribution in [0.15, 0.2) is 11.8 Å². The molecule has 0 N–H and O–H groups in total. The molecule has 0 aliphatic carbocycles. The van der Waals surface area contributed by atoms with E-state index in [-0.39, 0.29) is 5.97 Å². The zero-order valence-corrected chi connectivity index (χ0v) is 12.2. The summed E-state index contributed by atoms with van der Waals surface area (Å²) >= 11 is 0. The van der Waals surface area contributed by atoms with E-state index in [1.165, 1.54) is 25.2 Å². The van der Waals surface area contributed by atoms with Gasteiger partial charge in [-0.25, -0.2) is 0 Å². The third-order valence-corrected chi connectivity index (χ3v) is 8.73. The van der Waals surface area contributed by atoms with Gasteiger partial charge in [-0.1, -0.05) is 50.7 Å². The van der Waals surface area contributed by atoms with Gasteiger partial charge >= 0.3 is 5.97 Å². The van der Waals surface area contributed by atoms with Crippen molar-refractivity contribution in [3.8, 4) is 0 Å². The van der Waals surface area contributed by atoms with E-state index < -0.39 is 8.07 Å². The van der Waals surface area contributed by atoms with Crippen LogP contribution in [-0.2, 0) is 9.53 Å². The van der Waals surface area contributed by atoms with E-state index in [0.29, 0.717) is 6.42 Å². The summed E-state index contributed by atoms with van der Waals surface area (Å²) in [7, 11) is 0.346. The number of hydrogen-bond acceptors (Lipinski definition) is 2. The summed E-state index contributed by atoms with van der Waals surface area (Å²) in [6.45, 7) is 6.91. The predicted octanol–water partition coefficient (Wildman–Crippen LogP) is 3.93. The second kappa shape index (κ2) is 8.56. The number of hydrogen-bond donors (Lipinski definition) is 0. The van der Waals surface area contributed by atoms with Crippen LogP contribution in [0.3, 0.4) is 0 Å². The molecule has 0 aromatic carbocycles. The van der Waals surface area contributed by atoms with Crippen LogP contribution in [0.5, 0.6) is 0 Å². The Morgan fingerprint density at radius 2 is 1.75 bits per heavy atom. The summed E-state index contributed by atoms with van der Waals surface area (Å²) in [6.07, 6.45) is 4.74. The largest absolute Gasteiger partial charge is 0.469 e. The Morgan fingerprint density at radius 1 is 1.19 bits per heavy atom. The van der Waals surface area contributed by atoms with Crippen LogP contribution in [0.25, 0.3) is 0 Å². The Balaban J connectivity index is 3.93. The standard InChI is InChI=1S/C13H26O2Si/c1-5-16(6-2,7-3)12-10-8-9-11-13(14)15-4/h10,12H,5-9,11H2,1-4H3/b12-10+. The zero-order valence-electron chi connectivity index (χ0n) is 11.2. The van der Waals surface area contributed by atoms with Crippen molar-refractivity contribution in [2.24, 2.45) is 0 Å². The van der Waals surface area contributed by atoms with E-state index in [4.69, 9.17) is 0 Å². The summed E-state index contributed by atoms with van der Waals surface area (Å²) in [6, 6.07) is 3.98. The van der Waals surface area contributed by atoms with Gasteiger partial charge in [0.05, 0.1) is 15.2 Å². The molecule has 0 bridgehead atoms. The number of esters is 1. The van der Waals surface area contributed by atoms with Crippen LogP contribution in [0.1, 0.15) is 40.0 Å². The molecule has 0 aromatic rings. The first-order valence-electron chi connectivity index (χ1n) is 6.38. The maximum atomic E-state index is 10.9. The highest BCUT2D eigenvalue weighted by Gasteiger charge is 2.22. The molecule has 16 heavy (non-hydrogen) atoms. The van der Waals surface area contributed by atoms with Crippen LogP contribution < -0.4 is 0 Å². The minimum atomic E-state index is -1.10. The van der Waals surface area contributed by atoms with Crippen molar-refractivity contribution in [2.75, 3.05) is 7.11 Å². The van der Waals surface area contributed by atoms with Gasteiger partial charge in [0.1, 0.15) is 0 Å². The number of allylic oxidation sites excluding steroid dienone is 1.